The van der Waals surface area contributed by atoms with E-state index < -0.39 is 0 Å². The van der Waals surface area contributed by atoms with Crippen LogP contribution in [0.15, 0.2) is 27.0 Å². The first kappa shape index (κ1) is 11.3. The van der Waals surface area contributed by atoms with Gasteiger partial charge >= 0.3 is 0 Å². The highest BCUT2D eigenvalue weighted by molar-refractivity contribution is 8.01. The zero-order valence-electron chi connectivity index (χ0n) is 8.67. The van der Waals surface area contributed by atoms with Gasteiger partial charge in [-0.3, -0.25) is 0 Å². The van der Waals surface area contributed by atoms with Gasteiger partial charge in [0.05, 0.1) is 0 Å². The molecule has 3 N–H and O–H groups in total. The number of rotatable bonds is 4. The monoisotopic (exact) mass is 253 g/mol. The molecule has 2 aromatic heterocycles. The van der Waals surface area contributed by atoms with Gasteiger partial charge in [0.2, 0.25) is 0 Å². The van der Waals surface area contributed by atoms with E-state index >= 15 is 0 Å². The molecule has 7 heteroatoms. The summed E-state index contributed by atoms with van der Waals surface area (Å²) in [7, 11) is 0. The second-order valence-corrected chi connectivity index (χ2v) is 5.07. The average molecular weight is 253 g/mol. The highest BCUT2D eigenvalue weighted by Gasteiger charge is 2.05. The first-order chi connectivity index (χ1) is 7.81. The zero-order chi connectivity index (χ0) is 11.4. The smallest absolute Gasteiger partial charge is 0.156 e. The van der Waals surface area contributed by atoms with Crippen LogP contribution in [0, 0.1) is 0 Å². The van der Waals surface area contributed by atoms with Crippen molar-refractivity contribution in [1.29, 1.82) is 0 Å². The second-order valence-electron chi connectivity index (χ2n) is 2.91. The Bertz CT molecular complexity index is 435. The van der Waals surface area contributed by atoms with Crippen LogP contribution in [0.2, 0.25) is 0 Å². The SMILES string of the molecule is CCc1nc(NN)cc(Sc2nccs2)n1. The molecule has 0 saturated heterocycles. The predicted octanol–water partition coefficient (Wildman–Crippen LogP) is 1.93. The maximum absolute atomic E-state index is 5.35. The Morgan fingerprint density at radius 2 is 2.38 bits per heavy atom. The van der Waals surface area contributed by atoms with E-state index in [1.165, 1.54) is 11.8 Å². The van der Waals surface area contributed by atoms with Crippen molar-refractivity contribution >= 4 is 28.9 Å². The van der Waals surface area contributed by atoms with Crippen LogP contribution in [0.25, 0.3) is 0 Å². The lowest BCUT2D eigenvalue weighted by Gasteiger charge is -2.04. The summed E-state index contributed by atoms with van der Waals surface area (Å²) < 4.78 is 0.962. The van der Waals surface area contributed by atoms with E-state index in [1.807, 2.05) is 18.4 Å². The number of thiazole rings is 1. The number of nitrogen functional groups attached to an aromatic ring is 1. The summed E-state index contributed by atoms with van der Waals surface area (Å²) in [6.07, 6.45) is 2.55. The molecule has 0 amide bonds. The largest absolute Gasteiger partial charge is 0.308 e. The number of anilines is 1. The van der Waals surface area contributed by atoms with E-state index in [0.29, 0.717) is 5.82 Å². The molecule has 2 heterocycles. The van der Waals surface area contributed by atoms with Crippen molar-refractivity contribution in [2.45, 2.75) is 22.7 Å². The standard InChI is InChI=1S/C9H11N5S2/c1-2-6-12-7(14-10)5-8(13-6)16-9-11-3-4-15-9/h3-5H,2,10H2,1H3,(H,12,13,14). The molecule has 2 rings (SSSR count). The molecule has 84 valence electrons. The third kappa shape index (κ3) is 2.69. The van der Waals surface area contributed by atoms with E-state index in [1.54, 1.807) is 17.5 Å². The van der Waals surface area contributed by atoms with E-state index in [4.69, 9.17) is 5.84 Å². The number of hydrogen-bond acceptors (Lipinski definition) is 7. The maximum atomic E-state index is 5.35. The molecule has 0 aliphatic rings. The molecule has 0 aliphatic heterocycles. The normalized spacial score (nSPS) is 10.4. The average Bonchev–Trinajstić information content (AvgIpc) is 2.81. The van der Waals surface area contributed by atoms with Gasteiger partial charge in [-0.1, -0.05) is 6.92 Å². The molecule has 0 aromatic carbocycles. The summed E-state index contributed by atoms with van der Waals surface area (Å²) in [4.78, 5) is 12.8. The minimum Gasteiger partial charge on any atom is -0.308 e. The predicted molar refractivity (Wildman–Crippen MR) is 65.5 cm³/mol. The van der Waals surface area contributed by atoms with Gasteiger partial charge in [-0.15, -0.1) is 11.3 Å². The number of hydrazine groups is 1. The molecule has 0 radical (unpaired) electrons. The molecule has 0 aliphatic carbocycles. The molecule has 16 heavy (non-hydrogen) atoms. The first-order valence-electron chi connectivity index (χ1n) is 4.73. The molecule has 5 nitrogen and oxygen atoms in total. The van der Waals surface area contributed by atoms with E-state index in [-0.39, 0.29) is 0 Å². The molecule has 0 spiro atoms. The fraction of sp³-hybridized carbons (Fsp3) is 0.222. The van der Waals surface area contributed by atoms with Gasteiger partial charge in [0.1, 0.15) is 16.7 Å². The molecule has 0 saturated carbocycles. The summed E-state index contributed by atoms with van der Waals surface area (Å²) in [5.41, 5.74) is 2.54. The quantitative estimate of drug-likeness (QED) is 0.492. The van der Waals surface area contributed by atoms with Gasteiger partial charge in [-0.05, 0) is 11.8 Å². The van der Waals surface area contributed by atoms with Gasteiger partial charge in [0.15, 0.2) is 4.34 Å². The molecule has 0 bridgehead atoms. The third-order valence-corrected chi connectivity index (χ3v) is 3.62. The van der Waals surface area contributed by atoms with Crippen molar-refractivity contribution in [2.24, 2.45) is 5.84 Å². The summed E-state index contributed by atoms with van der Waals surface area (Å²) in [6.45, 7) is 2.01. The van der Waals surface area contributed by atoms with Crippen molar-refractivity contribution in [2.75, 3.05) is 5.43 Å². The molecular weight excluding hydrogens is 242 g/mol. The zero-order valence-corrected chi connectivity index (χ0v) is 10.3. The Hall–Kier alpha value is -1.18. The van der Waals surface area contributed by atoms with Crippen molar-refractivity contribution in [3.8, 4) is 0 Å². The second kappa shape index (κ2) is 5.24. The lowest BCUT2D eigenvalue weighted by molar-refractivity contribution is 0.888. The summed E-state index contributed by atoms with van der Waals surface area (Å²) >= 11 is 3.10. The van der Waals surface area contributed by atoms with Gasteiger partial charge in [-0.25, -0.2) is 20.8 Å². The van der Waals surface area contributed by atoms with Crippen LogP contribution in [-0.2, 0) is 6.42 Å². The van der Waals surface area contributed by atoms with Crippen LogP contribution < -0.4 is 11.3 Å². The van der Waals surface area contributed by atoms with E-state index in [9.17, 15) is 0 Å². The fourth-order valence-corrected chi connectivity index (χ4v) is 2.70. The minimum absolute atomic E-state index is 0.630. The van der Waals surface area contributed by atoms with Crippen LogP contribution in [0.4, 0.5) is 5.82 Å². The van der Waals surface area contributed by atoms with Crippen molar-refractivity contribution < 1.29 is 0 Å². The van der Waals surface area contributed by atoms with Crippen LogP contribution in [0.1, 0.15) is 12.7 Å². The Kier molecular flexibility index (Phi) is 3.70. The number of nitrogens with two attached hydrogens (primary N) is 1. The van der Waals surface area contributed by atoms with Crippen LogP contribution in [0.5, 0.6) is 0 Å². The number of hydrogen-bond donors (Lipinski definition) is 2. The molecule has 0 atom stereocenters. The Morgan fingerprint density at radius 3 is 3.00 bits per heavy atom. The van der Waals surface area contributed by atoms with E-state index in [2.05, 4.69) is 20.4 Å². The van der Waals surface area contributed by atoms with Crippen LogP contribution >= 0.6 is 23.1 Å². The van der Waals surface area contributed by atoms with E-state index in [0.717, 1.165) is 21.6 Å². The topological polar surface area (TPSA) is 76.7 Å². The van der Waals surface area contributed by atoms with Gasteiger partial charge in [0, 0.05) is 24.1 Å². The summed E-state index contributed by atoms with van der Waals surface area (Å²) in [5.74, 6) is 6.76. The number of nitrogens with one attached hydrogen (secondary N) is 1. The lowest BCUT2D eigenvalue weighted by Crippen LogP contribution is -2.10. The first-order valence-corrected chi connectivity index (χ1v) is 6.43. The highest BCUT2D eigenvalue weighted by Crippen LogP contribution is 2.28. The van der Waals surface area contributed by atoms with Gasteiger partial charge in [0.25, 0.3) is 0 Å². The Morgan fingerprint density at radius 1 is 1.50 bits per heavy atom. The van der Waals surface area contributed by atoms with Crippen LogP contribution in [0.3, 0.4) is 0 Å². The van der Waals surface area contributed by atoms with Crippen molar-refractivity contribution in [3.05, 3.63) is 23.5 Å². The number of aromatic nitrogens is 3. The Balaban J connectivity index is 2.26. The summed E-state index contributed by atoms with van der Waals surface area (Å²) in [5, 5.41) is 2.79. The van der Waals surface area contributed by atoms with Gasteiger partial charge < -0.3 is 5.43 Å². The highest BCUT2D eigenvalue weighted by atomic mass is 32.2. The van der Waals surface area contributed by atoms with Crippen LogP contribution in [-0.4, -0.2) is 15.0 Å². The molecule has 0 unspecified atom stereocenters. The lowest BCUT2D eigenvalue weighted by atomic mass is 10.4. The molecular formula is C9H11N5S2. The molecule has 0 fully saturated rings. The molecule has 2 aromatic rings. The maximum Gasteiger partial charge on any atom is 0.156 e. The third-order valence-electron chi connectivity index (χ3n) is 1.81. The number of aryl methyl sites for hydroxylation is 1. The Labute approximate surface area is 102 Å². The summed E-state index contributed by atoms with van der Waals surface area (Å²) in [6, 6.07) is 1.81. The fourth-order valence-electron chi connectivity index (χ4n) is 1.11. The minimum atomic E-state index is 0.630. The van der Waals surface area contributed by atoms with Crippen molar-refractivity contribution in [1.82, 2.24) is 15.0 Å². The van der Waals surface area contributed by atoms with Gasteiger partial charge in [-0.2, -0.15) is 0 Å². The van der Waals surface area contributed by atoms with Crippen molar-refractivity contribution in [3.63, 3.8) is 0 Å². The number of nitrogens with zero attached hydrogens (tertiary/aromatic N) is 3.